The number of hydrogen-bond acceptors (Lipinski definition) is 12. The fraction of sp³-hybridized carbons (Fsp3) is 0.679. The molecular weight excluding hydrogens is 929 g/mol. The number of halogens is 1. The molecule has 5 heterocycles. The molecule has 2 aliphatic carbocycles. The van der Waals surface area contributed by atoms with E-state index in [0.29, 0.717) is 47.0 Å². The highest BCUT2D eigenvalue weighted by Crippen LogP contribution is 2.58. The lowest BCUT2D eigenvalue weighted by Gasteiger charge is -2.32. The van der Waals surface area contributed by atoms with E-state index >= 15 is 0 Å². The number of fused-ring (bicyclic) bond motifs is 3. The Hall–Kier alpha value is -3.79. The van der Waals surface area contributed by atoms with Crippen LogP contribution in [0.1, 0.15) is 137 Å². The Balaban J connectivity index is 0.954. The van der Waals surface area contributed by atoms with Gasteiger partial charge in [-0.1, -0.05) is 55.6 Å². The maximum absolute atomic E-state index is 15.0. The number of pyridine rings is 1. The molecule has 8 rings (SSSR count). The zero-order chi connectivity index (χ0) is 48.1. The molecule has 0 radical (unpaired) electrons. The van der Waals surface area contributed by atoms with E-state index in [-0.39, 0.29) is 86.4 Å². The second-order valence-corrected chi connectivity index (χ2v) is 21.9. The van der Waals surface area contributed by atoms with Gasteiger partial charge in [0.25, 0.3) is 0 Å². The van der Waals surface area contributed by atoms with Crippen LogP contribution in [0.5, 0.6) is 11.6 Å². The van der Waals surface area contributed by atoms with Crippen LogP contribution in [-0.2, 0) is 38.0 Å². The molecule has 2 saturated carbocycles. The third-order valence-corrected chi connectivity index (χ3v) is 16.3. The second kappa shape index (κ2) is 22.1. The molecule has 2 aromatic rings. The molecule has 6 aliphatic rings. The minimum atomic E-state index is -0.964. The molecule has 0 N–H and O–H groups in total. The van der Waals surface area contributed by atoms with Crippen LogP contribution < -0.4 is 9.47 Å². The number of nitrogens with zero attached hydrogens (tertiary/aromatic N) is 3. The predicted octanol–water partition coefficient (Wildman–Crippen LogP) is 9.56. The fourth-order valence-corrected chi connectivity index (χ4v) is 11.1. The molecule has 1 aromatic heterocycles. The zero-order valence-corrected chi connectivity index (χ0v) is 42.6. The topological polar surface area (TPSA) is 143 Å². The summed E-state index contributed by atoms with van der Waals surface area (Å²) in [5.74, 6) is 1.24. The summed E-state index contributed by atoms with van der Waals surface area (Å²) >= 11 is 3.78. The Bertz CT molecular complexity index is 2180. The van der Waals surface area contributed by atoms with Crippen LogP contribution in [0.4, 0.5) is 0 Å². The average molecular weight is 1000 g/mol. The number of piperidine rings is 1. The van der Waals surface area contributed by atoms with Crippen LogP contribution in [-0.4, -0.2) is 114 Å². The predicted molar refractivity (Wildman–Crippen MR) is 264 cm³/mol. The fourth-order valence-electron chi connectivity index (χ4n) is 10.6. The summed E-state index contributed by atoms with van der Waals surface area (Å²) in [5.41, 5.74) is -1.01. The van der Waals surface area contributed by atoms with Gasteiger partial charge in [-0.25, -0.2) is 4.98 Å². The first-order valence-corrected chi connectivity index (χ1v) is 26.5. The Morgan fingerprint density at radius 2 is 1.76 bits per heavy atom. The summed E-state index contributed by atoms with van der Waals surface area (Å²) in [4.78, 5) is 65.9. The third-order valence-electron chi connectivity index (χ3n) is 15.6. The number of amides is 1. The summed E-state index contributed by atoms with van der Waals surface area (Å²) in [5, 5.41) is 0.852. The quantitative estimate of drug-likeness (QED) is 0.0684. The van der Waals surface area contributed by atoms with Gasteiger partial charge < -0.3 is 33.2 Å². The molecule has 68 heavy (non-hydrogen) atoms. The number of carbonyl (C=O) groups excluding carboxylic acids is 4. The van der Waals surface area contributed by atoms with Crippen molar-refractivity contribution in [3.63, 3.8) is 0 Å². The molecule has 0 unspecified atom stereocenters. The monoisotopic (exact) mass is 1000 g/mol. The lowest BCUT2D eigenvalue weighted by Crippen LogP contribution is -2.45. The SMILES string of the molecule is CCOC(=O)[C@]12CC(=O)[C@@H]3C[C@@H](Oc4nc5ccccc5c(OCCN5CCCCC5)c4Br)CN3C(=O)[C@@H](CC(=O)O[C@@H]3C[C@H]3CCC/C=C/B3OC(C)(C)C(C)(C)O3)CCCCC/C=C\[C@@H]1C2. The van der Waals surface area contributed by atoms with Crippen molar-refractivity contribution in [2.24, 2.45) is 23.2 Å². The second-order valence-electron chi connectivity index (χ2n) is 21.1. The third kappa shape index (κ3) is 12.0. The number of ether oxygens (including phenoxy) is 4. The van der Waals surface area contributed by atoms with Crippen LogP contribution in [0, 0.1) is 23.2 Å². The van der Waals surface area contributed by atoms with E-state index in [4.69, 9.17) is 33.2 Å². The van der Waals surface area contributed by atoms with Crippen molar-refractivity contribution in [1.29, 1.82) is 0 Å². The van der Waals surface area contributed by atoms with Crippen LogP contribution in [0.2, 0.25) is 0 Å². The molecule has 370 valence electrons. The first-order valence-electron chi connectivity index (χ1n) is 25.7. The normalized spacial score (nSPS) is 30.0. The number of benzene rings is 1. The van der Waals surface area contributed by atoms with E-state index in [1.54, 1.807) is 11.8 Å². The number of carbonyl (C=O) groups is 4. The molecule has 1 aromatic carbocycles. The van der Waals surface area contributed by atoms with Gasteiger partial charge >= 0.3 is 19.1 Å². The Morgan fingerprint density at radius 3 is 2.54 bits per heavy atom. The van der Waals surface area contributed by atoms with Crippen molar-refractivity contribution in [2.75, 3.05) is 39.4 Å². The van der Waals surface area contributed by atoms with Gasteiger partial charge in [-0.3, -0.25) is 24.1 Å². The largest absolute Gasteiger partial charge is 0.490 e. The lowest BCUT2D eigenvalue weighted by atomic mass is 9.89. The minimum Gasteiger partial charge on any atom is -0.490 e. The van der Waals surface area contributed by atoms with Gasteiger partial charge in [0.1, 0.15) is 29.0 Å². The number of likely N-dealkylation sites (tertiary alicyclic amines) is 1. The average Bonchev–Trinajstić information content (AvgIpc) is 4.15. The highest BCUT2D eigenvalue weighted by atomic mass is 79.9. The van der Waals surface area contributed by atoms with Crippen molar-refractivity contribution < 1.29 is 47.4 Å². The van der Waals surface area contributed by atoms with Crippen LogP contribution >= 0.6 is 15.9 Å². The highest BCUT2D eigenvalue weighted by Gasteiger charge is 2.62. The van der Waals surface area contributed by atoms with Gasteiger partial charge in [0.05, 0.1) is 47.7 Å². The van der Waals surface area contributed by atoms with Crippen molar-refractivity contribution >= 4 is 57.6 Å². The first kappa shape index (κ1) is 50.6. The van der Waals surface area contributed by atoms with E-state index in [1.807, 2.05) is 57.9 Å². The number of unbranched alkanes of at least 4 members (excludes halogenated alkanes) is 1. The number of esters is 2. The van der Waals surface area contributed by atoms with Crippen LogP contribution in [0.15, 0.2) is 52.9 Å². The minimum absolute atomic E-state index is 0.0427. The molecule has 5 fully saturated rings. The highest BCUT2D eigenvalue weighted by molar-refractivity contribution is 9.10. The molecular formula is C53H73BBrN3O10. The molecule has 3 saturated heterocycles. The number of Topliss-reactive ketones (excluding diaryl/α,β-unsaturated/α-hetero) is 1. The maximum atomic E-state index is 15.0. The van der Waals surface area contributed by atoms with E-state index in [2.05, 4.69) is 39.1 Å². The molecule has 4 aliphatic heterocycles. The van der Waals surface area contributed by atoms with Crippen molar-refractivity contribution in [1.82, 2.24) is 14.8 Å². The number of para-hydroxylation sites is 1. The Labute approximate surface area is 412 Å². The molecule has 7 atom stereocenters. The van der Waals surface area contributed by atoms with E-state index in [0.717, 1.165) is 76.4 Å². The van der Waals surface area contributed by atoms with Crippen LogP contribution in [0.3, 0.4) is 0 Å². The number of hydrogen-bond donors (Lipinski definition) is 0. The Kier molecular flexibility index (Phi) is 16.4. The lowest BCUT2D eigenvalue weighted by molar-refractivity contribution is -0.154. The summed E-state index contributed by atoms with van der Waals surface area (Å²) < 4.78 is 37.5. The van der Waals surface area contributed by atoms with Gasteiger partial charge in [0.15, 0.2) is 5.78 Å². The van der Waals surface area contributed by atoms with Crippen molar-refractivity contribution in [3.8, 4) is 11.6 Å². The first-order chi connectivity index (χ1) is 32.7. The van der Waals surface area contributed by atoms with Crippen molar-refractivity contribution in [3.05, 3.63) is 52.9 Å². The van der Waals surface area contributed by atoms with E-state index < -0.39 is 23.5 Å². The Morgan fingerprint density at radius 1 is 1.00 bits per heavy atom. The number of allylic oxidation sites excluding steroid dienone is 3. The smallest absolute Gasteiger partial charge is 0.486 e. The number of rotatable bonds is 16. The molecule has 0 bridgehead atoms. The number of ketones is 1. The zero-order valence-electron chi connectivity index (χ0n) is 41.0. The summed E-state index contributed by atoms with van der Waals surface area (Å²) in [7, 11) is -0.362. The maximum Gasteiger partial charge on any atom is 0.486 e. The molecule has 1 amide bonds. The number of aromatic nitrogens is 1. The van der Waals surface area contributed by atoms with Gasteiger partial charge in [-0.15, -0.1) is 0 Å². The standard InChI is InChI=1S/C53H73BBrN3O10/c1-6-63-50(62)53-33-38(53)22-14-9-7-8-12-21-37(31-45(60)66-44-30-36(44)20-13-10-17-25-54-67-51(2,3)52(4,5)68-54)49(61)58-35-39(32-42(58)43(59)34-53)65-48-46(55)47(40-23-15-16-24-41(40)56-48)64-29-28-57-26-18-11-19-27-57/h14-17,22-25,36-39,42,44H,6-13,18-21,26-35H2,1-5H3/b22-14-,25-17+/t36-,37-,38-,39-,42+,44-,53-/m1/s1. The van der Waals surface area contributed by atoms with Crippen LogP contribution in [0.25, 0.3) is 10.9 Å². The van der Waals surface area contributed by atoms with E-state index in [9.17, 15) is 19.2 Å². The van der Waals surface area contributed by atoms with Gasteiger partial charge in [0, 0.05) is 30.7 Å². The van der Waals surface area contributed by atoms with Gasteiger partial charge in [-0.2, -0.15) is 0 Å². The molecule has 0 spiro atoms. The van der Waals surface area contributed by atoms with Gasteiger partial charge in [0.2, 0.25) is 11.8 Å². The summed E-state index contributed by atoms with van der Waals surface area (Å²) in [6, 6.07) is 6.92. The summed E-state index contributed by atoms with van der Waals surface area (Å²) in [6.07, 6.45) is 17.3. The summed E-state index contributed by atoms with van der Waals surface area (Å²) in [6.45, 7) is 13.7. The van der Waals surface area contributed by atoms with E-state index in [1.165, 1.54) is 19.3 Å². The van der Waals surface area contributed by atoms with Gasteiger partial charge in [-0.05, 0) is 152 Å². The van der Waals surface area contributed by atoms with Crippen molar-refractivity contribution in [2.45, 2.75) is 167 Å². The molecule has 13 nitrogen and oxygen atoms in total. The molecule has 15 heteroatoms.